The molecule has 0 unspecified atom stereocenters. The Morgan fingerprint density at radius 1 is 1.04 bits per heavy atom. The van der Waals surface area contributed by atoms with Crippen LogP contribution in [-0.4, -0.2) is 36.7 Å². The fourth-order valence-electron chi connectivity index (χ4n) is 3.66. The highest BCUT2D eigenvalue weighted by molar-refractivity contribution is 5.65. The number of piperidine rings is 1. The average molecular weight is 365 g/mol. The molecule has 1 aromatic carbocycles. The van der Waals surface area contributed by atoms with Gasteiger partial charge in [-0.2, -0.15) is 0 Å². The van der Waals surface area contributed by atoms with Crippen molar-refractivity contribution in [2.75, 3.05) is 27.3 Å². The van der Waals surface area contributed by atoms with Gasteiger partial charge in [0, 0.05) is 17.8 Å². The van der Waals surface area contributed by atoms with Gasteiger partial charge in [-0.3, -0.25) is 9.20 Å². The molecule has 0 amide bonds. The van der Waals surface area contributed by atoms with Crippen LogP contribution in [0.1, 0.15) is 24.3 Å². The summed E-state index contributed by atoms with van der Waals surface area (Å²) in [6.45, 7) is 2.04. The zero-order chi connectivity index (χ0) is 18.8. The van der Waals surface area contributed by atoms with Crippen molar-refractivity contribution in [3.63, 3.8) is 0 Å². The minimum Gasteiger partial charge on any atom is -0.493 e. The van der Waals surface area contributed by atoms with E-state index in [1.54, 1.807) is 24.7 Å². The third-order valence-corrected chi connectivity index (χ3v) is 5.17. The molecule has 2 aromatic heterocycles. The largest absolute Gasteiger partial charge is 0.493 e. The monoisotopic (exact) mass is 365 g/mol. The van der Waals surface area contributed by atoms with E-state index in [2.05, 4.69) is 16.4 Å². The maximum absolute atomic E-state index is 12.7. The number of nitrogens with zero attached hydrogens (tertiary/aromatic N) is 2. The van der Waals surface area contributed by atoms with Crippen LogP contribution in [0.3, 0.4) is 0 Å². The molecule has 1 saturated heterocycles. The van der Waals surface area contributed by atoms with Crippen LogP contribution in [-0.2, 0) is 0 Å². The number of benzene rings is 1. The van der Waals surface area contributed by atoms with E-state index in [-0.39, 0.29) is 5.56 Å². The van der Waals surface area contributed by atoms with E-state index in [0.717, 1.165) is 31.5 Å². The number of hydrogen-bond donors (Lipinski definition) is 1. The summed E-state index contributed by atoms with van der Waals surface area (Å²) >= 11 is 0. The number of pyridine rings is 1. The van der Waals surface area contributed by atoms with Crippen molar-refractivity contribution >= 4 is 5.65 Å². The highest BCUT2D eigenvalue weighted by atomic mass is 16.5. The molecular formula is C21H23N3O3. The van der Waals surface area contributed by atoms with Crippen LogP contribution >= 0.6 is 0 Å². The van der Waals surface area contributed by atoms with Gasteiger partial charge in [-0.25, -0.2) is 4.98 Å². The van der Waals surface area contributed by atoms with Gasteiger partial charge in [0.15, 0.2) is 11.5 Å². The van der Waals surface area contributed by atoms with Crippen molar-refractivity contribution in [1.29, 1.82) is 0 Å². The Balaban J connectivity index is 1.75. The molecule has 6 nitrogen and oxygen atoms in total. The fourth-order valence-corrected chi connectivity index (χ4v) is 3.66. The predicted molar refractivity (Wildman–Crippen MR) is 105 cm³/mol. The summed E-state index contributed by atoms with van der Waals surface area (Å²) in [6.07, 6.45) is 4.13. The van der Waals surface area contributed by atoms with Crippen molar-refractivity contribution in [2.45, 2.75) is 18.8 Å². The number of fused-ring (bicyclic) bond motifs is 1. The Morgan fingerprint density at radius 2 is 1.81 bits per heavy atom. The average Bonchev–Trinajstić information content (AvgIpc) is 2.73. The van der Waals surface area contributed by atoms with Gasteiger partial charge in [-0.1, -0.05) is 6.07 Å². The standard InChI is InChI=1S/C21H23N3O3/c1-26-18-5-3-15(11-19(18)27-2)17-12-21(25)24-13-16(4-6-20(24)23-17)14-7-9-22-10-8-14/h3-6,11-14,22H,7-10H2,1-2H3. The third kappa shape index (κ3) is 3.40. The molecule has 0 radical (unpaired) electrons. The van der Waals surface area contributed by atoms with Crippen LogP contribution < -0.4 is 20.3 Å². The molecule has 0 aliphatic carbocycles. The summed E-state index contributed by atoms with van der Waals surface area (Å²) in [5.41, 5.74) is 3.20. The minimum atomic E-state index is -0.0828. The molecule has 140 valence electrons. The molecule has 1 N–H and O–H groups in total. The molecule has 4 rings (SSSR count). The third-order valence-electron chi connectivity index (χ3n) is 5.17. The first-order valence-electron chi connectivity index (χ1n) is 9.16. The molecule has 1 aliphatic rings. The number of nitrogens with one attached hydrogen (secondary N) is 1. The second-order valence-electron chi connectivity index (χ2n) is 6.76. The van der Waals surface area contributed by atoms with E-state index in [1.807, 2.05) is 30.5 Å². The van der Waals surface area contributed by atoms with E-state index in [0.29, 0.717) is 28.8 Å². The van der Waals surface area contributed by atoms with Crippen molar-refractivity contribution in [2.24, 2.45) is 0 Å². The zero-order valence-electron chi connectivity index (χ0n) is 15.6. The molecule has 3 heterocycles. The number of ether oxygens (including phenoxy) is 2. The van der Waals surface area contributed by atoms with Crippen molar-refractivity contribution < 1.29 is 9.47 Å². The predicted octanol–water partition coefficient (Wildman–Crippen LogP) is 2.85. The molecule has 0 atom stereocenters. The number of hydrogen-bond acceptors (Lipinski definition) is 5. The molecule has 1 aliphatic heterocycles. The van der Waals surface area contributed by atoms with Crippen LogP contribution in [0.5, 0.6) is 11.5 Å². The summed E-state index contributed by atoms with van der Waals surface area (Å²) in [5, 5.41) is 3.38. The van der Waals surface area contributed by atoms with E-state index in [4.69, 9.17) is 9.47 Å². The van der Waals surface area contributed by atoms with Gasteiger partial charge in [-0.15, -0.1) is 0 Å². The number of methoxy groups -OCH3 is 2. The normalized spacial score (nSPS) is 15.0. The van der Waals surface area contributed by atoms with E-state index in [9.17, 15) is 4.79 Å². The molecule has 27 heavy (non-hydrogen) atoms. The highest BCUT2D eigenvalue weighted by Gasteiger charge is 2.16. The summed E-state index contributed by atoms with van der Waals surface area (Å²) < 4.78 is 12.3. The molecule has 3 aromatic rings. The summed E-state index contributed by atoms with van der Waals surface area (Å²) in [6, 6.07) is 11.1. The Labute approximate surface area is 157 Å². The lowest BCUT2D eigenvalue weighted by Crippen LogP contribution is -2.27. The molecule has 0 saturated carbocycles. The summed E-state index contributed by atoms with van der Waals surface area (Å²) in [5.74, 6) is 1.75. The Morgan fingerprint density at radius 3 is 2.56 bits per heavy atom. The maximum atomic E-state index is 12.7. The van der Waals surface area contributed by atoms with Gasteiger partial charge in [0.05, 0.1) is 19.9 Å². The number of aromatic nitrogens is 2. The van der Waals surface area contributed by atoms with Crippen LogP contribution in [0.2, 0.25) is 0 Å². The topological polar surface area (TPSA) is 64.9 Å². The number of rotatable bonds is 4. The Kier molecular flexibility index (Phi) is 4.81. The highest BCUT2D eigenvalue weighted by Crippen LogP contribution is 2.31. The molecule has 1 fully saturated rings. The molecule has 0 spiro atoms. The van der Waals surface area contributed by atoms with Gasteiger partial charge in [0.25, 0.3) is 5.56 Å². The van der Waals surface area contributed by atoms with Gasteiger partial charge >= 0.3 is 0 Å². The summed E-state index contributed by atoms with van der Waals surface area (Å²) in [4.78, 5) is 17.4. The SMILES string of the molecule is COc1ccc(-c2cc(=O)n3cc(C4CCNCC4)ccc3n2)cc1OC. The first-order chi connectivity index (χ1) is 13.2. The minimum absolute atomic E-state index is 0.0828. The Bertz CT molecular complexity index is 1020. The van der Waals surface area contributed by atoms with Gasteiger partial charge in [-0.05, 0) is 61.7 Å². The van der Waals surface area contributed by atoms with E-state index < -0.39 is 0 Å². The maximum Gasteiger partial charge on any atom is 0.258 e. The van der Waals surface area contributed by atoms with Gasteiger partial charge < -0.3 is 14.8 Å². The van der Waals surface area contributed by atoms with Gasteiger partial charge in [0.1, 0.15) is 5.65 Å². The van der Waals surface area contributed by atoms with E-state index >= 15 is 0 Å². The smallest absolute Gasteiger partial charge is 0.258 e. The summed E-state index contributed by atoms with van der Waals surface area (Å²) in [7, 11) is 3.19. The second kappa shape index (κ2) is 7.40. The van der Waals surface area contributed by atoms with Crippen molar-refractivity contribution in [3.05, 3.63) is 58.5 Å². The first kappa shape index (κ1) is 17.5. The second-order valence-corrected chi connectivity index (χ2v) is 6.76. The quantitative estimate of drug-likeness (QED) is 0.770. The lowest BCUT2D eigenvalue weighted by atomic mass is 9.91. The molecular weight excluding hydrogens is 342 g/mol. The van der Waals surface area contributed by atoms with Crippen molar-refractivity contribution in [3.8, 4) is 22.8 Å². The van der Waals surface area contributed by atoms with Crippen LogP contribution in [0.25, 0.3) is 16.9 Å². The molecule has 6 heteroatoms. The fraction of sp³-hybridized carbons (Fsp3) is 0.333. The molecule has 0 bridgehead atoms. The van der Waals surface area contributed by atoms with Crippen LogP contribution in [0.4, 0.5) is 0 Å². The zero-order valence-corrected chi connectivity index (χ0v) is 15.6. The lowest BCUT2D eigenvalue weighted by Gasteiger charge is -2.23. The van der Waals surface area contributed by atoms with Crippen LogP contribution in [0.15, 0.2) is 47.4 Å². The van der Waals surface area contributed by atoms with Gasteiger partial charge in [0.2, 0.25) is 0 Å². The van der Waals surface area contributed by atoms with E-state index in [1.165, 1.54) is 5.56 Å². The van der Waals surface area contributed by atoms with Crippen molar-refractivity contribution in [1.82, 2.24) is 14.7 Å². The first-order valence-corrected chi connectivity index (χ1v) is 9.16. The van der Waals surface area contributed by atoms with Crippen LogP contribution in [0, 0.1) is 0 Å². The lowest BCUT2D eigenvalue weighted by molar-refractivity contribution is 0.355. The Hall–Kier alpha value is -2.86.